The first kappa shape index (κ1) is 20.8. The largest absolute Gasteiger partial charge is 1.00 e. The van der Waals surface area contributed by atoms with Gasteiger partial charge in [-0.3, -0.25) is 0 Å². The van der Waals surface area contributed by atoms with Crippen molar-refractivity contribution in [3.8, 4) is 11.5 Å². The van der Waals surface area contributed by atoms with E-state index in [2.05, 4.69) is 0 Å². The van der Waals surface area contributed by atoms with Crippen LogP contribution in [-0.2, 0) is 10.1 Å². The molecule has 0 saturated carbocycles. The van der Waals surface area contributed by atoms with Gasteiger partial charge in [0.15, 0.2) is 11.5 Å². The summed E-state index contributed by atoms with van der Waals surface area (Å²) in [6, 6.07) is 0.858. The molecule has 2 N–H and O–H groups in total. The summed E-state index contributed by atoms with van der Waals surface area (Å²) in [4.78, 5) is 9.41. The molecule has 1 rings (SSSR count). The van der Waals surface area contributed by atoms with Crippen LogP contribution in [0.5, 0.6) is 11.5 Å². The van der Waals surface area contributed by atoms with E-state index in [9.17, 15) is 22.9 Å². The van der Waals surface area contributed by atoms with Crippen LogP contribution in [0.3, 0.4) is 0 Å². The number of aromatic hydroxyl groups is 2. The summed E-state index contributed by atoms with van der Waals surface area (Å²) in [5.74, 6) is -3.98. The number of rotatable bonds is 2. The number of carboxylic acids is 1. The molecule has 0 aromatic heterocycles. The zero-order valence-electron chi connectivity index (χ0n) is 9.00. The molecule has 0 aliphatic heterocycles. The molecule has 0 fully saturated rings. The predicted molar refractivity (Wildman–Crippen MR) is 42.1 cm³/mol. The number of benzene rings is 1. The van der Waals surface area contributed by atoms with E-state index in [4.69, 9.17) is 10.2 Å². The quantitative estimate of drug-likeness (QED) is 0.314. The standard InChI is InChI=1S/C7H6O7S.2K/c8-5-2-3(15(12,13)14)1-4(6(5)9)7(10)11;;/h1-2,8-9H,(H,10,11)(H,12,13,14);;/q;2*+1/p-2. The predicted octanol–water partition coefficient (Wildman–Crippen LogP) is -7.63. The number of aromatic carboxylic acids is 1. The Morgan fingerprint density at radius 2 is 1.65 bits per heavy atom. The zero-order valence-corrected chi connectivity index (χ0v) is 16.1. The van der Waals surface area contributed by atoms with Crippen LogP contribution in [0.25, 0.3) is 0 Å². The summed E-state index contributed by atoms with van der Waals surface area (Å²) in [5.41, 5.74) is -0.968. The Labute approximate surface area is 182 Å². The van der Waals surface area contributed by atoms with Gasteiger partial charge in [0, 0.05) is 11.6 Å². The number of hydrogen-bond donors (Lipinski definition) is 2. The van der Waals surface area contributed by atoms with Crippen LogP contribution in [0.2, 0.25) is 0 Å². The van der Waals surface area contributed by atoms with Gasteiger partial charge in [0.1, 0.15) is 10.1 Å². The van der Waals surface area contributed by atoms with E-state index in [1.54, 1.807) is 0 Å². The van der Waals surface area contributed by atoms with Crippen molar-refractivity contribution < 1.29 is 136 Å². The topological polar surface area (TPSA) is 138 Å². The Morgan fingerprint density at radius 3 is 2.00 bits per heavy atom. The van der Waals surface area contributed by atoms with Crippen molar-refractivity contribution in [1.29, 1.82) is 0 Å². The minimum atomic E-state index is -4.91. The van der Waals surface area contributed by atoms with Crippen LogP contribution in [0.15, 0.2) is 17.0 Å². The van der Waals surface area contributed by atoms with Gasteiger partial charge in [0.25, 0.3) is 0 Å². The maximum Gasteiger partial charge on any atom is 1.00 e. The molecular formula is C7H4K2O7S. The van der Waals surface area contributed by atoms with E-state index < -0.39 is 38.0 Å². The zero-order chi connectivity index (χ0) is 11.8. The summed E-state index contributed by atoms with van der Waals surface area (Å²) >= 11 is 0. The molecule has 1 aromatic carbocycles. The van der Waals surface area contributed by atoms with Crippen molar-refractivity contribution in [1.82, 2.24) is 0 Å². The van der Waals surface area contributed by atoms with Crippen molar-refractivity contribution in [2.75, 3.05) is 0 Å². The van der Waals surface area contributed by atoms with Gasteiger partial charge in [0.2, 0.25) is 0 Å². The smallest absolute Gasteiger partial charge is 0.744 e. The van der Waals surface area contributed by atoms with Gasteiger partial charge in [-0.25, -0.2) is 8.42 Å². The molecule has 0 saturated heterocycles. The molecule has 82 valence electrons. The molecule has 10 heteroatoms. The van der Waals surface area contributed by atoms with Crippen LogP contribution < -0.4 is 108 Å². The second-order valence-electron chi connectivity index (χ2n) is 2.58. The molecule has 7 nitrogen and oxygen atoms in total. The summed E-state index contributed by atoms with van der Waals surface area (Å²) < 4.78 is 31.5. The van der Waals surface area contributed by atoms with Crippen LogP contribution >= 0.6 is 0 Å². The molecule has 0 unspecified atom stereocenters. The molecule has 0 radical (unpaired) electrons. The molecule has 0 amide bonds. The second-order valence-corrected chi connectivity index (χ2v) is 3.96. The number of phenolic OH excluding ortho intramolecular Hbond substituents is 1. The van der Waals surface area contributed by atoms with Crippen molar-refractivity contribution in [3.05, 3.63) is 17.7 Å². The molecule has 0 aliphatic carbocycles. The van der Waals surface area contributed by atoms with Crippen molar-refractivity contribution in [3.63, 3.8) is 0 Å². The van der Waals surface area contributed by atoms with Gasteiger partial charge in [0.05, 0.1) is 10.9 Å². The maximum absolute atomic E-state index is 10.5. The Hall–Kier alpha value is 1.47. The Bertz CT molecular complexity index is 525. The number of carbonyl (C=O) groups excluding carboxylic acids is 1. The van der Waals surface area contributed by atoms with Crippen molar-refractivity contribution >= 4 is 16.1 Å². The van der Waals surface area contributed by atoms with Gasteiger partial charge >= 0.3 is 103 Å². The summed E-state index contributed by atoms with van der Waals surface area (Å²) in [6.45, 7) is 0. The first-order chi connectivity index (χ1) is 6.73. The third-order valence-corrected chi connectivity index (χ3v) is 2.38. The molecule has 0 atom stereocenters. The third kappa shape index (κ3) is 5.54. The second kappa shape index (κ2) is 7.92. The molecular weight excluding hydrogens is 306 g/mol. The summed E-state index contributed by atoms with van der Waals surface area (Å²) in [7, 11) is -4.91. The Morgan fingerprint density at radius 1 is 1.18 bits per heavy atom. The first-order valence-electron chi connectivity index (χ1n) is 3.46. The molecule has 1 aromatic rings. The van der Waals surface area contributed by atoms with Crippen LogP contribution in [0.1, 0.15) is 10.4 Å². The fourth-order valence-corrected chi connectivity index (χ4v) is 1.41. The van der Waals surface area contributed by atoms with E-state index in [0.717, 1.165) is 0 Å². The van der Waals surface area contributed by atoms with Gasteiger partial charge in [-0.05, 0) is 6.07 Å². The number of carboxylic acid groups (broad SMARTS) is 1. The van der Waals surface area contributed by atoms with Gasteiger partial charge < -0.3 is 24.7 Å². The summed E-state index contributed by atoms with van der Waals surface area (Å²) in [6.07, 6.45) is 0. The fourth-order valence-electron chi connectivity index (χ4n) is 0.893. The van der Waals surface area contributed by atoms with Gasteiger partial charge in [-0.2, -0.15) is 0 Å². The number of carbonyl (C=O) groups is 1. The van der Waals surface area contributed by atoms with E-state index in [-0.39, 0.29) is 103 Å². The SMILES string of the molecule is O=C([O-])c1cc(S(=O)(=O)[O-])cc(O)c1O.[K+].[K+]. The van der Waals surface area contributed by atoms with Crippen LogP contribution in [-0.4, -0.2) is 29.2 Å². The first-order valence-corrected chi connectivity index (χ1v) is 4.87. The van der Waals surface area contributed by atoms with Gasteiger partial charge in [-0.15, -0.1) is 0 Å². The number of phenols is 2. The Balaban J connectivity index is 0. The fraction of sp³-hybridized carbons (Fsp3) is 0. The average Bonchev–Trinajstić information content (AvgIpc) is 2.06. The van der Waals surface area contributed by atoms with Crippen molar-refractivity contribution in [2.24, 2.45) is 0 Å². The molecule has 0 spiro atoms. The normalized spacial score (nSPS) is 9.94. The van der Waals surface area contributed by atoms with E-state index in [0.29, 0.717) is 12.1 Å². The molecule has 0 aliphatic rings. The van der Waals surface area contributed by atoms with Crippen LogP contribution in [0, 0.1) is 0 Å². The monoisotopic (exact) mass is 310 g/mol. The van der Waals surface area contributed by atoms with E-state index >= 15 is 0 Å². The van der Waals surface area contributed by atoms with Gasteiger partial charge in [-0.1, -0.05) is 0 Å². The molecule has 0 heterocycles. The minimum absolute atomic E-state index is 0. The minimum Gasteiger partial charge on any atom is -0.744 e. The van der Waals surface area contributed by atoms with Crippen LogP contribution in [0.4, 0.5) is 0 Å². The maximum atomic E-state index is 10.5. The van der Waals surface area contributed by atoms with E-state index in [1.165, 1.54) is 0 Å². The average molecular weight is 310 g/mol. The third-order valence-electron chi connectivity index (χ3n) is 1.57. The van der Waals surface area contributed by atoms with E-state index in [1.807, 2.05) is 0 Å². The molecule has 0 bridgehead atoms. The Kier molecular flexibility index (Phi) is 9.68. The molecule has 17 heavy (non-hydrogen) atoms. The van der Waals surface area contributed by atoms with Crippen molar-refractivity contribution in [2.45, 2.75) is 4.90 Å². The number of hydrogen-bond acceptors (Lipinski definition) is 7. The summed E-state index contributed by atoms with van der Waals surface area (Å²) in [5, 5.41) is 28.3.